The van der Waals surface area contributed by atoms with Gasteiger partial charge in [0.05, 0.1) is 0 Å². The number of ketones is 1. The first-order valence-corrected chi connectivity index (χ1v) is 7.00. The number of benzene rings is 1. The molecule has 2 rings (SSSR count). The predicted molar refractivity (Wildman–Crippen MR) is 75.1 cm³/mol. The molecule has 0 unspecified atom stereocenters. The van der Waals surface area contributed by atoms with Gasteiger partial charge in [0.25, 0.3) is 0 Å². The highest BCUT2D eigenvalue weighted by Gasteiger charge is 2.15. The highest BCUT2D eigenvalue weighted by Crippen LogP contribution is 2.18. The van der Waals surface area contributed by atoms with Crippen LogP contribution >= 0.6 is 0 Å². The highest BCUT2D eigenvalue weighted by molar-refractivity contribution is 5.97. The van der Waals surface area contributed by atoms with Crippen molar-refractivity contribution < 1.29 is 4.79 Å². The maximum absolute atomic E-state index is 12.1. The Morgan fingerprint density at radius 1 is 1.28 bits per heavy atom. The second kappa shape index (κ2) is 6.14. The van der Waals surface area contributed by atoms with Gasteiger partial charge >= 0.3 is 0 Å². The summed E-state index contributed by atoms with van der Waals surface area (Å²) < 4.78 is 0. The third-order valence-corrected chi connectivity index (χ3v) is 3.82. The monoisotopic (exact) mass is 245 g/mol. The van der Waals surface area contributed by atoms with Gasteiger partial charge in [-0.25, -0.2) is 0 Å². The van der Waals surface area contributed by atoms with Gasteiger partial charge < -0.3 is 5.32 Å². The lowest BCUT2D eigenvalue weighted by molar-refractivity contribution is 0.0981. The van der Waals surface area contributed by atoms with Gasteiger partial charge in [0.2, 0.25) is 0 Å². The molecule has 0 saturated heterocycles. The fourth-order valence-electron chi connectivity index (χ4n) is 2.78. The Morgan fingerprint density at radius 3 is 2.67 bits per heavy atom. The van der Waals surface area contributed by atoms with Crippen molar-refractivity contribution in [1.29, 1.82) is 0 Å². The summed E-state index contributed by atoms with van der Waals surface area (Å²) in [5, 5.41) is 3.49. The van der Waals surface area contributed by atoms with Gasteiger partial charge in [-0.15, -0.1) is 0 Å². The summed E-state index contributed by atoms with van der Waals surface area (Å²) in [6, 6.07) is 6.71. The van der Waals surface area contributed by atoms with Crippen LogP contribution in [0, 0.1) is 13.8 Å². The highest BCUT2D eigenvalue weighted by atomic mass is 16.1. The number of aryl methyl sites for hydroxylation is 2. The van der Waals surface area contributed by atoms with E-state index in [4.69, 9.17) is 0 Å². The molecule has 1 saturated carbocycles. The fraction of sp³-hybridized carbons (Fsp3) is 0.562. The van der Waals surface area contributed by atoms with Crippen LogP contribution in [0.15, 0.2) is 18.2 Å². The number of carbonyl (C=O) groups is 1. The van der Waals surface area contributed by atoms with E-state index >= 15 is 0 Å². The normalized spacial score (nSPS) is 16.1. The first kappa shape index (κ1) is 13.3. The molecule has 0 radical (unpaired) electrons. The Hall–Kier alpha value is -1.15. The maximum Gasteiger partial charge on any atom is 0.164 e. The van der Waals surface area contributed by atoms with E-state index in [-0.39, 0.29) is 5.78 Å². The predicted octanol–water partition coefficient (Wildman–Crippen LogP) is 3.41. The zero-order chi connectivity index (χ0) is 13.0. The Kier molecular flexibility index (Phi) is 4.54. The summed E-state index contributed by atoms with van der Waals surface area (Å²) in [4.78, 5) is 12.1. The smallest absolute Gasteiger partial charge is 0.164 e. The van der Waals surface area contributed by atoms with Crippen LogP contribution < -0.4 is 5.32 Å². The summed E-state index contributed by atoms with van der Waals surface area (Å²) >= 11 is 0. The van der Waals surface area contributed by atoms with Crippen LogP contribution in [0.4, 0.5) is 0 Å². The molecule has 2 nitrogen and oxygen atoms in total. The molecule has 1 N–H and O–H groups in total. The Labute approximate surface area is 110 Å². The molecule has 0 heterocycles. The van der Waals surface area contributed by atoms with Crippen molar-refractivity contribution in [2.75, 3.05) is 6.54 Å². The fourth-order valence-corrected chi connectivity index (χ4v) is 2.78. The van der Waals surface area contributed by atoms with Crippen LogP contribution in [0.1, 0.15) is 53.6 Å². The van der Waals surface area contributed by atoms with Gasteiger partial charge in [0.1, 0.15) is 0 Å². The standard InChI is InChI=1S/C16H23NO/c1-12-7-8-15(13(2)11-12)16(18)9-10-17-14-5-3-4-6-14/h7-8,11,14,17H,3-6,9-10H2,1-2H3. The third-order valence-electron chi connectivity index (χ3n) is 3.82. The van der Waals surface area contributed by atoms with Crippen molar-refractivity contribution in [3.8, 4) is 0 Å². The molecule has 1 fully saturated rings. The van der Waals surface area contributed by atoms with Gasteiger partial charge in [-0.1, -0.05) is 36.6 Å². The van der Waals surface area contributed by atoms with Crippen LogP contribution in [-0.4, -0.2) is 18.4 Å². The van der Waals surface area contributed by atoms with E-state index in [0.717, 1.165) is 17.7 Å². The quantitative estimate of drug-likeness (QED) is 0.805. The largest absolute Gasteiger partial charge is 0.314 e. The topological polar surface area (TPSA) is 29.1 Å². The first-order chi connectivity index (χ1) is 8.66. The van der Waals surface area contributed by atoms with Crippen molar-refractivity contribution >= 4 is 5.78 Å². The van der Waals surface area contributed by atoms with Gasteiger partial charge in [-0.2, -0.15) is 0 Å². The number of Topliss-reactive ketones (excluding diaryl/α,β-unsaturated/α-hetero) is 1. The van der Waals surface area contributed by atoms with E-state index < -0.39 is 0 Å². The van der Waals surface area contributed by atoms with E-state index in [2.05, 4.69) is 18.3 Å². The third kappa shape index (κ3) is 3.42. The Morgan fingerprint density at radius 2 is 2.00 bits per heavy atom. The number of nitrogens with one attached hydrogen (secondary N) is 1. The number of hydrogen-bond donors (Lipinski definition) is 1. The molecule has 1 aromatic carbocycles. The summed E-state index contributed by atoms with van der Waals surface area (Å²) in [7, 11) is 0. The number of hydrogen-bond acceptors (Lipinski definition) is 2. The van der Waals surface area contributed by atoms with Crippen molar-refractivity contribution in [3.63, 3.8) is 0 Å². The summed E-state index contributed by atoms with van der Waals surface area (Å²) in [5.74, 6) is 0.262. The Balaban J connectivity index is 1.83. The molecule has 2 heteroatoms. The van der Waals surface area contributed by atoms with E-state index in [9.17, 15) is 4.79 Å². The van der Waals surface area contributed by atoms with Crippen molar-refractivity contribution in [2.24, 2.45) is 0 Å². The van der Waals surface area contributed by atoms with Crippen LogP contribution in [0.2, 0.25) is 0 Å². The van der Waals surface area contributed by atoms with Crippen LogP contribution in [0.5, 0.6) is 0 Å². The SMILES string of the molecule is Cc1ccc(C(=O)CCNC2CCCC2)c(C)c1. The lowest BCUT2D eigenvalue weighted by Gasteiger charge is -2.11. The molecule has 1 aromatic rings. The molecule has 0 aromatic heterocycles. The molecule has 0 amide bonds. The average Bonchev–Trinajstić information content (AvgIpc) is 2.81. The Bertz CT molecular complexity index is 419. The van der Waals surface area contributed by atoms with Crippen molar-refractivity contribution in [3.05, 3.63) is 34.9 Å². The molecule has 0 bridgehead atoms. The zero-order valence-electron chi connectivity index (χ0n) is 11.5. The second-order valence-electron chi connectivity index (χ2n) is 5.43. The summed E-state index contributed by atoms with van der Waals surface area (Å²) in [6.45, 7) is 4.89. The molecule has 18 heavy (non-hydrogen) atoms. The molecule has 98 valence electrons. The minimum absolute atomic E-state index is 0.262. The molecule has 0 aliphatic heterocycles. The minimum Gasteiger partial charge on any atom is -0.314 e. The molecule has 1 aliphatic rings. The van der Waals surface area contributed by atoms with Gasteiger partial charge in [-0.05, 0) is 32.3 Å². The van der Waals surface area contributed by atoms with Crippen LogP contribution in [0.25, 0.3) is 0 Å². The average molecular weight is 245 g/mol. The molecular formula is C16H23NO. The van der Waals surface area contributed by atoms with Crippen LogP contribution in [0.3, 0.4) is 0 Å². The lowest BCUT2D eigenvalue weighted by atomic mass is 10.0. The molecular weight excluding hydrogens is 222 g/mol. The van der Waals surface area contributed by atoms with Gasteiger partial charge in [0.15, 0.2) is 5.78 Å². The summed E-state index contributed by atoms with van der Waals surface area (Å²) in [6.07, 6.45) is 5.83. The zero-order valence-corrected chi connectivity index (χ0v) is 11.5. The number of carbonyl (C=O) groups excluding carboxylic acids is 1. The number of rotatable bonds is 5. The molecule has 1 aliphatic carbocycles. The van der Waals surface area contributed by atoms with Gasteiger partial charge in [0, 0.05) is 24.6 Å². The first-order valence-electron chi connectivity index (χ1n) is 7.00. The maximum atomic E-state index is 12.1. The summed E-state index contributed by atoms with van der Waals surface area (Å²) in [5.41, 5.74) is 3.20. The van der Waals surface area contributed by atoms with Gasteiger partial charge in [-0.3, -0.25) is 4.79 Å². The van der Waals surface area contributed by atoms with E-state index in [1.165, 1.54) is 31.2 Å². The second-order valence-corrected chi connectivity index (χ2v) is 5.43. The lowest BCUT2D eigenvalue weighted by Crippen LogP contribution is -2.28. The van der Waals surface area contributed by atoms with E-state index in [0.29, 0.717) is 12.5 Å². The van der Waals surface area contributed by atoms with E-state index in [1.54, 1.807) is 0 Å². The minimum atomic E-state index is 0.262. The molecule has 0 atom stereocenters. The van der Waals surface area contributed by atoms with E-state index in [1.807, 2.05) is 19.1 Å². The molecule has 0 spiro atoms. The van der Waals surface area contributed by atoms with Crippen molar-refractivity contribution in [2.45, 2.75) is 52.0 Å². The van der Waals surface area contributed by atoms with Crippen LogP contribution in [-0.2, 0) is 0 Å². The van der Waals surface area contributed by atoms with Crippen molar-refractivity contribution in [1.82, 2.24) is 5.32 Å².